The first kappa shape index (κ1) is 16.5. The molecule has 2 aliphatic rings. The van der Waals surface area contributed by atoms with Crippen molar-refractivity contribution in [2.75, 3.05) is 33.3 Å². The first-order chi connectivity index (χ1) is 9.79. The Balaban J connectivity index is 0.00000161. The van der Waals surface area contributed by atoms with E-state index in [-0.39, 0.29) is 24.3 Å². The van der Waals surface area contributed by atoms with E-state index < -0.39 is 0 Å². The number of rotatable bonds is 4. The second-order valence-corrected chi connectivity index (χ2v) is 5.81. The van der Waals surface area contributed by atoms with Gasteiger partial charge in [-0.3, -0.25) is 4.90 Å². The summed E-state index contributed by atoms with van der Waals surface area (Å²) in [6.45, 7) is 3.99. The second-order valence-electron chi connectivity index (χ2n) is 5.81. The monoisotopic (exact) mass is 314 g/mol. The molecule has 0 amide bonds. The van der Waals surface area contributed by atoms with E-state index in [9.17, 15) is 4.39 Å². The van der Waals surface area contributed by atoms with E-state index in [1.165, 1.54) is 19.3 Å². The first-order valence-corrected chi connectivity index (χ1v) is 7.58. The van der Waals surface area contributed by atoms with Crippen molar-refractivity contribution in [3.63, 3.8) is 0 Å². The minimum Gasteiger partial charge on any atom is -0.497 e. The van der Waals surface area contributed by atoms with Crippen molar-refractivity contribution in [2.45, 2.75) is 25.3 Å². The van der Waals surface area contributed by atoms with E-state index in [0.29, 0.717) is 5.92 Å². The number of methoxy groups -OCH3 is 1. The fourth-order valence-corrected chi connectivity index (χ4v) is 3.34. The van der Waals surface area contributed by atoms with E-state index >= 15 is 0 Å². The van der Waals surface area contributed by atoms with Gasteiger partial charge in [-0.15, -0.1) is 12.4 Å². The molecule has 1 aliphatic carbocycles. The maximum Gasteiger partial charge on any atom is 0.128 e. The molecule has 1 aromatic rings. The van der Waals surface area contributed by atoms with Gasteiger partial charge in [0.1, 0.15) is 11.6 Å². The molecule has 3 rings (SSSR count). The molecule has 0 aromatic heterocycles. The summed E-state index contributed by atoms with van der Waals surface area (Å²) in [5, 5.41) is 3.37. The standard InChI is InChI=1S/C16H23FN2O.ClH/c1-20-13-5-6-15(17)14(11-13)16(12-3-2-4-12)19-9-7-18-8-10-19;/h5-6,11-12,16,18H,2-4,7-10H2,1H3;1H/t16-;/m0./s1. The maximum absolute atomic E-state index is 14.3. The van der Waals surface area contributed by atoms with Crippen LogP contribution in [0.5, 0.6) is 5.75 Å². The van der Waals surface area contributed by atoms with Gasteiger partial charge in [-0.2, -0.15) is 0 Å². The normalized spacial score (nSPS) is 21.2. The molecule has 1 heterocycles. The van der Waals surface area contributed by atoms with Crippen molar-refractivity contribution >= 4 is 12.4 Å². The van der Waals surface area contributed by atoms with E-state index in [1.54, 1.807) is 19.2 Å². The molecule has 2 fully saturated rings. The highest BCUT2D eigenvalue weighted by molar-refractivity contribution is 5.85. The Morgan fingerprint density at radius 1 is 1.29 bits per heavy atom. The van der Waals surface area contributed by atoms with Crippen LogP contribution >= 0.6 is 12.4 Å². The highest BCUT2D eigenvalue weighted by Gasteiger charge is 2.35. The number of benzene rings is 1. The van der Waals surface area contributed by atoms with Crippen LogP contribution in [0.25, 0.3) is 0 Å². The molecule has 21 heavy (non-hydrogen) atoms. The van der Waals surface area contributed by atoms with Crippen molar-refractivity contribution in [3.8, 4) is 5.75 Å². The predicted octanol–water partition coefficient (Wildman–Crippen LogP) is 3.00. The summed E-state index contributed by atoms with van der Waals surface area (Å²) >= 11 is 0. The molecular formula is C16H24ClFN2O. The highest BCUT2D eigenvalue weighted by atomic mass is 35.5. The smallest absolute Gasteiger partial charge is 0.128 e. The zero-order chi connectivity index (χ0) is 13.9. The van der Waals surface area contributed by atoms with Gasteiger partial charge in [0.15, 0.2) is 0 Å². The second kappa shape index (κ2) is 7.43. The summed E-state index contributed by atoms with van der Waals surface area (Å²) in [5.41, 5.74) is 0.816. The molecule has 1 saturated heterocycles. The van der Waals surface area contributed by atoms with Gasteiger partial charge in [-0.25, -0.2) is 4.39 Å². The van der Waals surface area contributed by atoms with Crippen molar-refractivity contribution < 1.29 is 9.13 Å². The zero-order valence-corrected chi connectivity index (χ0v) is 13.3. The third-order valence-electron chi connectivity index (χ3n) is 4.66. The zero-order valence-electron chi connectivity index (χ0n) is 12.5. The average Bonchev–Trinajstić information content (AvgIpc) is 2.44. The summed E-state index contributed by atoms with van der Waals surface area (Å²) in [7, 11) is 1.64. The number of nitrogens with one attached hydrogen (secondary N) is 1. The van der Waals surface area contributed by atoms with Gasteiger partial charge in [0, 0.05) is 37.8 Å². The minimum absolute atomic E-state index is 0. The molecule has 3 nitrogen and oxygen atoms in total. The Hall–Kier alpha value is -0.840. The summed E-state index contributed by atoms with van der Waals surface area (Å²) in [6, 6.07) is 5.34. The van der Waals surface area contributed by atoms with Gasteiger partial charge in [0.05, 0.1) is 7.11 Å². The molecule has 1 N–H and O–H groups in total. The van der Waals surface area contributed by atoms with E-state index in [2.05, 4.69) is 10.2 Å². The van der Waals surface area contributed by atoms with Crippen molar-refractivity contribution in [2.24, 2.45) is 5.92 Å². The van der Waals surface area contributed by atoms with Crippen LogP contribution < -0.4 is 10.1 Å². The molecule has 5 heteroatoms. The Morgan fingerprint density at radius 2 is 2.00 bits per heavy atom. The maximum atomic E-state index is 14.3. The van der Waals surface area contributed by atoms with E-state index in [4.69, 9.17) is 4.74 Å². The van der Waals surface area contributed by atoms with Crippen LogP contribution in [-0.2, 0) is 0 Å². The van der Waals surface area contributed by atoms with Gasteiger partial charge in [-0.1, -0.05) is 6.42 Å². The molecule has 0 spiro atoms. The highest BCUT2D eigenvalue weighted by Crippen LogP contribution is 2.43. The molecule has 1 aliphatic heterocycles. The average molecular weight is 315 g/mol. The number of hydrogen-bond acceptors (Lipinski definition) is 3. The SMILES string of the molecule is COc1ccc(F)c([C@H](C2CCC2)N2CCNCC2)c1.Cl. The van der Waals surface area contributed by atoms with E-state index in [1.807, 2.05) is 6.07 Å². The molecule has 0 unspecified atom stereocenters. The fraction of sp³-hybridized carbons (Fsp3) is 0.625. The lowest BCUT2D eigenvalue weighted by Gasteiger charge is -2.43. The van der Waals surface area contributed by atoms with Crippen LogP contribution in [0.2, 0.25) is 0 Å². The lowest BCUT2D eigenvalue weighted by atomic mass is 9.76. The molecule has 1 aromatic carbocycles. The van der Waals surface area contributed by atoms with Crippen molar-refractivity contribution in [1.82, 2.24) is 10.2 Å². The number of hydrogen-bond donors (Lipinski definition) is 1. The third kappa shape index (κ3) is 3.50. The lowest BCUT2D eigenvalue weighted by Crippen LogP contribution is -2.48. The quantitative estimate of drug-likeness (QED) is 0.924. The molecular weight excluding hydrogens is 291 g/mol. The Kier molecular flexibility index (Phi) is 5.85. The van der Waals surface area contributed by atoms with Gasteiger partial charge >= 0.3 is 0 Å². The van der Waals surface area contributed by atoms with Crippen LogP contribution in [0.3, 0.4) is 0 Å². The third-order valence-corrected chi connectivity index (χ3v) is 4.66. The van der Waals surface area contributed by atoms with Gasteiger partial charge in [0.25, 0.3) is 0 Å². The summed E-state index contributed by atoms with van der Waals surface area (Å²) in [6.07, 6.45) is 3.70. The summed E-state index contributed by atoms with van der Waals surface area (Å²) in [4.78, 5) is 2.44. The molecule has 0 bridgehead atoms. The van der Waals surface area contributed by atoms with Crippen LogP contribution in [0.15, 0.2) is 18.2 Å². The van der Waals surface area contributed by atoms with Crippen LogP contribution in [0, 0.1) is 11.7 Å². The van der Waals surface area contributed by atoms with Crippen LogP contribution in [0.1, 0.15) is 30.9 Å². The largest absolute Gasteiger partial charge is 0.497 e. The number of nitrogens with zero attached hydrogens (tertiary/aromatic N) is 1. The number of halogens is 2. The Morgan fingerprint density at radius 3 is 2.57 bits per heavy atom. The molecule has 0 radical (unpaired) electrons. The first-order valence-electron chi connectivity index (χ1n) is 7.58. The Labute approximate surface area is 132 Å². The summed E-state index contributed by atoms with van der Waals surface area (Å²) < 4.78 is 19.6. The minimum atomic E-state index is -0.0961. The van der Waals surface area contributed by atoms with Crippen molar-refractivity contribution in [3.05, 3.63) is 29.6 Å². The predicted molar refractivity (Wildman–Crippen MR) is 84.7 cm³/mol. The number of piperazine rings is 1. The van der Waals surface area contributed by atoms with Crippen LogP contribution in [0.4, 0.5) is 4.39 Å². The van der Waals surface area contributed by atoms with Gasteiger partial charge in [0.2, 0.25) is 0 Å². The topological polar surface area (TPSA) is 24.5 Å². The van der Waals surface area contributed by atoms with E-state index in [0.717, 1.165) is 37.5 Å². The fourth-order valence-electron chi connectivity index (χ4n) is 3.34. The molecule has 1 atom stereocenters. The lowest BCUT2D eigenvalue weighted by molar-refractivity contribution is 0.0810. The summed E-state index contributed by atoms with van der Waals surface area (Å²) in [5.74, 6) is 1.25. The van der Waals surface area contributed by atoms with Gasteiger partial charge in [-0.05, 0) is 37.0 Å². The molecule has 1 saturated carbocycles. The molecule has 118 valence electrons. The van der Waals surface area contributed by atoms with Crippen LogP contribution in [-0.4, -0.2) is 38.2 Å². The Bertz CT molecular complexity index is 462. The van der Waals surface area contributed by atoms with Gasteiger partial charge < -0.3 is 10.1 Å². The van der Waals surface area contributed by atoms with Crippen molar-refractivity contribution in [1.29, 1.82) is 0 Å². The number of ether oxygens (including phenoxy) is 1.